The number of nitrogens with one attached hydrogen (secondary N) is 1. The van der Waals surface area contributed by atoms with E-state index in [2.05, 4.69) is 10.3 Å². The molecular weight excluding hydrogens is 312 g/mol. The van der Waals surface area contributed by atoms with Crippen LogP contribution in [0.1, 0.15) is 22.9 Å². The number of carbonyl (C=O) groups is 2. The van der Waals surface area contributed by atoms with Crippen molar-refractivity contribution in [2.45, 2.75) is 25.7 Å². The summed E-state index contributed by atoms with van der Waals surface area (Å²) in [6.45, 7) is 1.65. The number of carbonyl (C=O) groups excluding carboxylic acids is 1. The minimum atomic E-state index is -1.55. The lowest BCUT2D eigenvalue weighted by molar-refractivity contribution is -0.142. The molecule has 0 aliphatic heterocycles. The van der Waals surface area contributed by atoms with Crippen molar-refractivity contribution in [2.24, 2.45) is 0 Å². The number of amides is 1. The highest BCUT2D eigenvalue weighted by atomic mass is 16.5. The Kier molecular flexibility index (Phi) is 5.86. The Morgan fingerprint density at radius 1 is 1.21 bits per heavy atom. The van der Waals surface area contributed by atoms with E-state index < -0.39 is 24.2 Å². The molecular formula is C17H18N2O5. The van der Waals surface area contributed by atoms with Gasteiger partial charge < -0.3 is 20.3 Å². The van der Waals surface area contributed by atoms with Crippen molar-refractivity contribution in [2.75, 3.05) is 0 Å². The summed E-state index contributed by atoms with van der Waals surface area (Å²) in [6, 6.07) is 10.6. The molecule has 0 aliphatic carbocycles. The fourth-order valence-corrected chi connectivity index (χ4v) is 2.16. The van der Waals surface area contributed by atoms with Gasteiger partial charge in [0, 0.05) is 17.5 Å². The lowest BCUT2D eigenvalue weighted by atomic mass is 10.0. The number of aliphatic hydroxyl groups excluding tert-OH is 1. The molecule has 0 radical (unpaired) electrons. The highest BCUT2D eigenvalue weighted by molar-refractivity contribution is 5.80. The van der Waals surface area contributed by atoms with Crippen LogP contribution in [-0.2, 0) is 16.1 Å². The molecule has 3 N–H and O–H groups in total. The zero-order valence-corrected chi connectivity index (χ0v) is 13.0. The van der Waals surface area contributed by atoms with Crippen molar-refractivity contribution < 1.29 is 24.5 Å². The number of aliphatic hydroxyl groups is 1. The number of hydrogen-bond acceptors (Lipinski definition) is 5. The molecule has 2 aromatic rings. The van der Waals surface area contributed by atoms with Crippen LogP contribution in [0.5, 0.6) is 0 Å². The number of alkyl carbamates (subject to hydrolysis) is 1. The van der Waals surface area contributed by atoms with Crippen LogP contribution >= 0.6 is 0 Å². The van der Waals surface area contributed by atoms with Gasteiger partial charge in [-0.25, -0.2) is 9.59 Å². The van der Waals surface area contributed by atoms with Crippen molar-refractivity contribution in [1.82, 2.24) is 10.3 Å². The Bertz CT molecular complexity index is 705. The molecule has 0 fully saturated rings. The van der Waals surface area contributed by atoms with Crippen LogP contribution in [0.3, 0.4) is 0 Å². The van der Waals surface area contributed by atoms with Gasteiger partial charge in [-0.2, -0.15) is 0 Å². The molecule has 0 aliphatic rings. The second-order valence-electron chi connectivity index (χ2n) is 5.14. The fraction of sp³-hybridized carbons (Fsp3) is 0.235. The lowest BCUT2D eigenvalue weighted by Crippen LogP contribution is -2.45. The molecule has 2 unspecified atom stereocenters. The van der Waals surface area contributed by atoms with Crippen molar-refractivity contribution in [3.8, 4) is 0 Å². The Hall–Kier alpha value is -2.93. The summed E-state index contributed by atoms with van der Waals surface area (Å²) < 4.78 is 4.98. The van der Waals surface area contributed by atoms with E-state index in [1.165, 1.54) is 6.20 Å². The predicted octanol–water partition coefficient (Wildman–Crippen LogP) is 1.80. The van der Waals surface area contributed by atoms with E-state index in [0.717, 1.165) is 5.56 Å². The Morgan fingerprint density at radius 3 is 2.54 bits per heavy atom. The van der Waals surface area contributed by atoms with Crippen LogP contribution in [0.25, 0.3) is 0 Å². The van der Waals surface area contributed by atoms with Gasteiger partial charge in [-0.15, -0.1) is 0 Å². The molecule has 2 atom stereocenters. The number of carboxylic acid groups (broad SMARTS) is 1. The molecule has 0 spiro atoms. The summed E-state index contributed by atoms with van der Waals surface area (Å²) in [4.78, 5) is 27.2. The summed E-state index contributed by atoms with van der Waals surface area (Å²) in [6.07, 6.45) is -0.838. The molecule has 0 saturated heterocycles. The predicted molar refractivity (Wildman–Crippen MR) is 85.1 cm³/mol. The van der Waals surface area contributed by atoms with Crippen LogP contribution < -0.4 is 5.32 Å². The van der Waals surface area contributed by atoms with Gasteiger partial charge in [-0.1, -0.05) is 36.4 Å². The maximum Gasteiger partial charge on any atom is 0.408 e. The molecule has 0 saturated carbocycles. The molecule has 1 aromatic carbocycles. The molecule has 1 aromatic heterocycles. The second-order valence-corrected chi connectivity index (χ2v) is 5.14. The third-order valence-electron chi connectivity index (χ3n) is 3.43. The van der Waals surface area contributed by atoms with E-state index >= 15 is 0 Å². The van der Waals surface area contributed by atoms with Gasteiger partial charge in [0.25, 0.3) is 0 Å². The Morgan fingerprint density at radius 2 is 1.92 bits per heavy atom. The first kappa shape index (κ1) is 17.4. The number of aliphatic carboxylic acids is 1. The zero-order chi connectivity index (χ0) is 17.5. The Labute approximate surface area is 138 Å². The third-order valence-corrected chi connectivity index (χ3v) is 3.43. The first-order valence-corrected chi connectivity index (χ1v) is 7.28. The minimum absolute atomic E-state index is 0.00102. The van der Waals surface area contributed by atoms with E-state index in [4.69, 9.17) is 4.74 Å². The molecule has 7 heteroatoms. The summed E-state index contributed by atoms with van der Waals surface area (Å²) >= 11 is 0. The van der Waals surface area contributed by atoms with Gasteiger partial charge in [0.1, 0.15) is 12.7 Å². The van der Waals surface area contributed by atoms with E-state index in [-0.39, 0.29) is 6.61 Å². The molecule has 24 heavy (non-hydrogen) atoms. The molecule has 1 heterocycles. The number of aryl methyl sites for hydroxylation is 1. The molecule has 126 valence electrons. The number of aromatic nitrogens is 1. The highest BCUT2D eigenvalue weighted by Gasteiger charge is 2.31. The number of nitrogens with zero attached hydrogens (tertiary/aromatic N) is 1. The van der Waals surface area contributed by atoms with E-state index in [1.54, 1.807) is 43.3 Å². The number of carboxylic acids is 1. The van der Waals surface area contributed by atoms with Crippen LogP contribution in [0.15, 0.2) is 48.7 Å². The summed E-state index contributed by atoms with van der Waals surface area (Å²) in [5.41, 5.74) is 1.58. The largest absolute Gasteiger partial charge is 0.480 e. The standard InChI is InChI=1S/C17H18N2O5/c1-11-13(8-5-9-18-11)15(20)14(16(21)22)19-17(23)24-10-12-6-3-2-4-7-12/h2-9,14-15,20H,10H2,1H3,(H,19,23)(H,21,22). The lowest BCUT2D eigenvalue weighted by Gasteiger charge is -2.21. The maximum atomic E-state index is 11.8. The van der Waals surface area contributed by atoms with Gasteiger partial charge >= 0.3 is 12.1 Å². The third kappa shape index (κ3) is 4.53. The number of rotatable bonds is 6. The summed E-state index contributed by atoms with van der Waals surface area (Å²) in [5.74, 6) is -1.37. The summed E-state index contributed by atoms with van der Waals surface area (Å²) in [7, 11) is 0. The first-order valence-electron chi connectivity index (χ1n) is 7.28. The highest BCUT2D eigenvalue weighted by Crippen LogP contribution is 2.19. The van der Waals surface area contributed by atoms with Crippen LogP contribution in [-0.4, -0.2) is 33.3 Å². The molecule has 1 amide bonds. The monoisotopic (exact) mass is 330 g/mol. The van der Waals surface area contributed by atoms with E-state index in [0.29, 0.717) is 11.3 Å². The van der Waals surface area contributed by atoms with Gasteiger partial charge in [0.2, 0.25) is 0 Å². The molecule has 2 rings (SSSR count). The second kappa shape index (κ2) is 8.07. The molecule has 0 bridgehead atoms. The Balaban J connectivity index is 2.01. The number of ether oxygens (including phenoxy) is 1. The summed E-state index contributed by atoms with van der Waals surface area (Å²) in [5, 5.41) is 21.7. The van der Waals surface area contributed by atoms with Crippen molar-refractivity contribution in [1.29, 1.82) is 0 Å². The van der Waals surface area contributed by atoms with Gasteiger partial charge in [0.15, 0.2) is 6.04 Å². The van der Waals surface area contributed by atoms with Crippen LogP contribution in [0, 0.1) is 6.92 Å². The first-order chi connectivity index (χ1) is 11.5. The topological polar surface area (TPSA) is 109 Å². The average Bonchev–Trinajstić information content (AvgIpc) is 2.58. The number of pyridine rings is 1. The fourth-order valence-electron chi connectivity index (χ4n) is 2.16. The van der Waals surface area contributed by atoms with Gasteiger partial charge in [0.05, 0.1) is 0 Å². The smallest absolute Gasteiger partial charge is 0.408 e. The van der Waals surface area contributed by atoms with Crippen molar-refractivity contribution in [3.05, 3.63) is 65.5 Å². The van der Waals surface area contributed by atoms with Crippen LogP contribution in [0.4, 0.5) is 4.79 Å². The van der Waals surface area contributed by atoms with Gasteiger partial charge in [-0.05, 0) is 18.6 Å². The van der Waals surface area contributed by atoms with Crippen molar-refractivity contribution in [3.63, 3.8) is 0 Å². The molecule has 7 nitrogen and oxygen atoms in total. The van der Waals surface area contributed by atoms with Crippen molar-refractivity contribution >= 4 is 12.1 Å². The minimum Gasteiger partial charge on any atom is -0.480 e. The van der Waals surface area contributed by atoms with E-state index in [1.807, 2.05) is 6.07 Å². The van der Waals surface area contributed by atoms with E-state index in [9.17, 15) is 19.8 Å². The normalized spacial score (nSPS) is 12.9. The quantitative estimate of drug-likeness (QED) is 0.745. The number of hydrogen-bond donors (Lipinski definition) is 3. The zero-order valence-electron chi connectivity index (χ0n) is 13.0. The SMILES string of the molecule is Cc1ncccc1C(O)C(NC(=O)OCc1ccccc1)C(=O)O. The maximum absolute atomic E-state index is 11.8. The number of benzene rings is 1. The van der Waals surface area contributed by atoms with Crippen LogP contribution in [0.2, 0.25) is 0 Å². The average molecular weight is 330 g/mol. The van der Waals surface area contributed by atoms with Gasteiger partial charge in [-0.3, -0.25) is 4.98 Å².